The number of hydrazine groups is 1. The van der Waals surface area contributed by atoms with Crippen LogP contribution in [0.1, 0.15) is 23.7 Å². The maximum absolute atomic E-state index is 5.44. The summed E-state index contributed by atoms with van der Waals surface area (Å²) in [6.07, 6.45) is 5.35. The molecule has 8 heteroatoms. The van der Waals surface area contributed by atoms with Gasteiger partial charge in [-0.25, -0.2) is 20.8 Å². The van der Waals surface area contributed by atoms with Gasteiger partial charge in [-0.15, -0.1) is 11.3 Å². The van der Waals surface area contributed by atoms with Gasteiger partial charge in [0.1, 0.15) is 5.01 Å². The summed E-state index contributed by atoms with van der Waals surface area (Å²) in [5, 5.41) is 6.38. The molecule has 0 saturated carbocycles. The molecule has 0 spiro atoms. The third-order valence-electron chi connectivity index (χ3n) is 2.88. The van der Waals surface area contributed by atoms with Crippen molar-refractivity contribution in [3.63, 3.8) is 0 Å². The van der Waals surface area contributed by atoms with Gasteiger partial charge < -0.3 is 15.1 Å². The largest absolute Gasteiger partial charge is 0.358 e. The third kappa shape index (κ3) is 2.30. The standard InChI is InChI=1S/C12H15N7S/c1-7-6-20-12(15-7)8(2)16-10-11-14-3-4-19(11)5-9(17-10)18-13/h3-6,8,18H,13H2,1-2H3,(H,16,17). The second-order valence-electron chi connectivity index (χ2n) is 4.47. The average Bonchev–Trinajstić information content (AvgIpc) is 3.06. The fraction of sp³-hybridized carbons (Fsp3) is 0.250. The molecule has 0 aliphatic heterocycles. The van der Waals surface area contributed by atoms with Crippen LogP contribution >= 0.6 is 11.3 Å². The number of imidazole rings is 1. The van der Waals surface area contributed by atoms with Gasteiger partial charge in [0.05, 0.1) is 12.2 Å². The van der Waals surface area contributed by atoms with Gasteiger partial charge in [0.2, 0.25) is 0 Å². The minimum atomic E-state index is 0.0507. The van der Waals surface area contributed by atoms with E-state index in [2.05, 4.69) is 25.7 Å². The number of nitrogens with zero attached hydrogens (tertiary/aromatic N) is 4. The molecule has 1 unspecified atom stereocenters. The fourth-order valence-corrected chi connectivity index (χ4v) is 2.74. The smallest absolute Gasteiger partial charge is 0.180 e. The van der Waals surface area contributed by atoms with Crippen molar-refractivity contribution in [1.82, 2.24) is 19.4 Å². The van der Waals surface area contributed by atoms with E-state index in [0.29, 0.717) is 11.6 Å². The van der Waals surface area contributed by atoms with E-state index in [9.17, 15) is 0 Å². The van der Waals surface area contributed by atoms with E-state index in [1.807, 2.05) is 29.8 Å². The summed E-state index contributed by atoms with van der Waals surface area (Å²) in [4.78, 5) is 13.2. The Balaban J connectivity index is 1.95. The molecular formula is C12H15N7S. The first kappa shape index (κ1) is 12.8. The minimum Gasteiger partial charge on any atom is -0.358 e. The molecule has 0 amide bonds. The number of nitrogens with one attached hydrogen (secondary N) is 2. The van der Waals surface area contributed by atoms with Crippen LogP contribution in [0, 0.1) is 6.92 Å². The molecule has 0 bridgehead atoms. The summed E-state index contributed by atoms with van der Waals surface area (Å²) in [5.74, 6) is 6.68. The molecule has 0 radical (unpaired) electrons. The van der Waals surface area contributed by atoms with Gasteiger partial charge in [-0.3, -0.25) is 0 Å². The topological polar surface area (TPSA) is 93.2 Å². The maximum atomic E-state index is 5.44. The quantitative estimate of drug-likeness (QED) is 0.502. The summed E-state index contributed by atoms with van der Waals surface area (Å²) < 4.78 is 1.87. The van der Waals surface area contributed by atoms with Crippen LogP contribution in [-0.4, -0.2) is 19.4 Å². The molecule has 4 N–H and O–H groups in total. The number of fused-ring (bicyclic) bond motifs is 1. The van der Waals surface area contributed by atoms with Crippen molar-refractivity contribution in [1.29, 1.82) is 0 Å². The lowest BCUT2D eigenvalue weighted by molar-refractivity contribution is 0.854. The number of hydrogen-bond donors (Lipinski definition) is 3. The molecule has 3 rings (SSSR count). The molecule has 7 nitrogen and oxygen atoms in total. The summed E-state index contributed by atoms with van der Waals surface area (Å²) in [6, 6.07) is 0.0507. The minimum absolute atomic E-state index is 0.0507. The predicted octanol–water partition coefficient (Wildman–Crippen LogP) is 1.95. The Morgan fingerprint density at radius 3 is 2.95 bits per heavy atom. The summed E-state index contributed by atoms with van der Waals surface area (Å²) in [6.45, 7) is 4.03. The van der Waals surface area contributed by atoms with Crippen LogP contribution in [0.4, 0.5) is 11.6 Å². The molecule has 3 heterocycles. The normalized spacial score (nSPS) is 12.6. The fourth-order valence-electron chi connectivity index (χ4n) is 1.94. The highest BCUT2D eigenvalue weighted by atomic mass is 32.1. The number of aryl methyl sites for hydroxylation is 1. The Bertz CT molecular complexity index is 732. The average molecular weight is 289 g/mol. The van der Waals surface area contributed by atoms with Crippen molar-refractivity contribution < 1.29 is 0 Å². The number of rotatable bonds is 4. The summed E-state index contributed by atoms with van der Waals surface area (Å²) >= 11 is 1.63. The number of hydrogen-bond acceptors (Lipinski definition) is 7. The molecule has 0 aromatic carbocycles. The summed E-state index contributed by atoms with van der Waals surface area (Å²) in [7, 11) is 0. The van der Waals surface area contributed by atoms with Crippen LogP contribution < -0.4 is 16.6 Å². The lowest BCUT2D eigenvalue weighted by Gasteiger charge is -2.13. The van der Waals surface area contributed by atoms with Gasteiger partial charge in [0, 0.05) is 23.5 Å². The van der Waals surface area contributed by atoms with Crippen LogP contribution in [0.25, 0.3) is 5.65 Å². The van der Waals surface area contributed by atoms with Gasteiger partial charge in [0.25, 0.3) is 0 Å². The second kappa shape index (κ2) is 5.06. The first-order valence-electron chi connectivity index (χ1n) is 6.16. The van der Waals surface area contributed by atoms with E-state index in [0.717, 1.165) is 16.3 Å². The molecule has 0 aliphatic carbocycles. The van der Waals surface area contributed by atoms with Crippen LogP contribution in [0.3, 0.4) is 0 Å². The number of anilines is 2. The number of nitrogens with two attached hydrogens (primary N) is 1. The van der Waals surface area contributed by atoms with E-state index >= 15 is 0 Å². The predicted molar refractivity (Wildman–Crippen MR) is 79.7 cm³/mol. The molecule has 3 aromatic rings. The zero-order valence-electron chi connectivity index (χ0n) is 11.2. The van der Waals surface area contributed by atoms with E-state index in [1.54, 1.807) is 23.7 Å². The lowest BCUT2D eigenvalue weighted by atomic mass is 10.3. The Labute approximate surface area is 119 Å². The van der Waals surface area contributed by atoms with Crippen LogP contribution in [0.2, 0.25) is 0 Å². The monoisotopic (exact) mass is 289 g/mol. The van der Waals surface area contributed by atoms with Crippen LogP contribution in [0.15, 0.2) is 24.0 Å². The van der Waals surface area contributed by atoms with Crippen molar-refractivity contribution >= 4 is 28.6 Å². The van der Waals surface area contributed by atoms with E-state index < -0.39 is 0 Å². The first-order chi connectivity index (χ1) is 9.67. The lowest BCUT2D eigenvalue weighted by Crippen LogP contribution is -2.13. The number of thiazole rings is 1. The Hall–Kier alpha value is -2.19. The second-order valence-corrected chi connectivity index (χ2v) is 5.36. The van der Waals surface area contributed by atoms with Crippen molar-refractivity contribution in [2.24, 2.45) is 5.84 Å². The highest BCUT2D eigenvalue weighted by Crippen LogP contribution is 2.24. The van der Waals surface area contributed by atoms with Crippen molar-refractivity contribution in [3.8, 4) is 0 Å². The first-order valence-corrected chi connectivity index (χ1v) is 7.04. The highest BCUT2D eigenvalue weighted by molar-refractivity contribution is 7.09. The van der Waals surface area contributed by atoms with Gasteiger partial charge in [-0.05, 0) is 13.8 Å². The van der Waals surface area contributed by atoms with Crippen molar-refractivity contribution in [2.45, 2.75) is 19.9 Å². The molecular weight excluding hydrogens is 274 g/mol. The van der Waals surface area contributed by atoms with Crippen molar-refractivity contribution in [3.05, 3.63) is 34.7 Å². The zero-order valence-corrected chi connectivity index (χ0v) is 12.0. The molecule has 0 aliphatic rings. The molecule has 0 saturated heterocycles. The van der Waals surface area contributed by atoms with Gasteiger partial charge in [-0.2, -0.15) is 0 Å². The number of nitrogen functional groups attached to an aromatic ring is 1. The summed E-state index contributed by atoms with van der Waals surface area (Å²) in [5.41, 5.74) is 4.33. The maximum Gasteiger partial charge on any atom is 0.180 e. The Kier molecular flexibility index (Phi) is 3.25. The highest BCUT2D eigenvalue weighted by Gasteiger charge is 2.13. The molecule has 20 heavy (non-hydrogen) atoms. The van der Waals surface area contributed by atoms with E-state index in [4.69, 9.17) is 5.84 Å². The zero-order chi connectivity index (χ0) is 14.1. The van der Waals surface area contributed by atoms with Gasteiger partial charge in [-0.1, -0.05) is 0 Å². The van der Waals surface area contributed by atoms with Crippen LogP contribution in [0.5, 0.6) is 0 Å². The van der Waals surface area contributed by atoms with Crippen molar-refractivity contribution in [2.75, 3.05) is 10.7 Å². The van der Waals surface area contributed by atoms with Crippen LogP contribution in [-0.2, 0) is 0 Å². The van der Waals surface area contributed by atoms with E-state index in [-0.39, 0.29) is 6.04 Å². The van der Waals surface area contributed by atoms with E-state index in [1.165, 1.54) is 0 Å². The van der Waals surface area contributed by atoms with Gasteiger partial charge in [0.15, 0.2) is 17.3 Å². The Morgan fingerprint density at radius 1 is 1.40 bits per heavy atom. The molecule has 104 valence electrons. The molecule has 3 aromatic heterocycles. The SMILES string of the molecule is Cc1csc(C(C)Nc2nc(NN)cn3ccnc23)n1. The third-order valence-corrected chi connectivity index (χ3v) is 4.03. The molecule has 0 fully saturated rings. The number of aromatic nitrogens is 4. The molecule has 1 atom stereocenters. The van der Waals surface area contributed by atoms with Gasteiger partial charge >= 0.3 is 0 Å². The Morgan fingerprint density at radius 2 is 2.25 bits per heavy atom.